The van der Waals surface area contributed by atoms with Crippen molar-refractivity contribution >= 4 is 11.6 Å². The molecule has 0 spiro atoms. The molecule has 2 unspecified atom stereocenters. The van der Waals surface area contributed by atoms with Gasteiger partial charge in [-0.05, 0) is 37.1 Å². The van der Waals surface area contributed by atoms with E-state index in [1.807, 2.05) is 12.1 Å². The Hall–Kier alpha value is -0.770. The normalized spacial score (nSPS) is 27.4. The maximum absolute atomic E-state index is 6.33. The average molecular weight is 282 g/mol. The van der Waals surface area contributed by atoms with Gasteiger partial charge >= 0.3 is 0 Å². The van der Waals surface area contributed by atoms with Crippen molar-refractivity contribution < 1.29 is 9.47 Å². The molecule has 104 valence electrons. The van der Waals surface area contributed by atoms with Crippen molar-refractivity contribution in [1.82, 2.24) is 5.32 Å². The van der Waals surface area contributed by atoms with E-state index < -0.39 is 0 Å². The molecule has 2 aliphatic heterocycles. The molecule has 0 aromatic heterocycles. The lowest BCUT2D eigenvalue weighted by molar-refractivity contribution is 0.141. The van der Waals surface area contributed by atoms with Crippen LogP contribution in [0.2, 0.25) is 5.02 Å². The monoisotopic (exact) mass is 281 g/mol. The molecular weight excluding hydrogens is 262 g/mol. The molecule has 2 aliphatic rings. The smallest absolute Gasteiger partial charge is 0.138 e. The summed E-state index contributed by atoms with van der Waals surface area (Å²) in [7, 11) is 0. The minimum absolute atomic E-state index is 0.149. The number of hydrogen-bond donors (Lipinski definition) is 1. The Morgan fingerprint density at radius 3 is 2.89 bits per heavy atom. The molecule has 3 rings (SSSR count). The number of nitrogens with one attached hydrogen (secondary N) is 1. The number of halogens is 1. The SMILES string of the molecule is Clc1cc(C2CCCCN2)ccc1OC1CCOC1. The van der Waals surface area contributed by atoms with Gasteiger partial charge in [0, 0.05) is 12.5 Å². The molecule has 0 saturated carbocycles. The highest BCUT2D eigenvalue weighted by Gasteiger charge is 2.20. The lowest BCUT2D eigenvalue weighted by Crippen LogP contribution is -2.26. The highest BCUT2D eigenvalue weighted by Crippen LogP contribution is 2.32. The summed E-state index contributed by atoms with van der Waals surface area (Å²) < 4.78 is 11.2. The van der Waals surface area contributed by atoms with Gasteiger partial charge in [-0.15, -0.1) is 0 Å². The third-order valence-electron chi connectivity index (χ3n) is 3.85. The number of hydrogen-bond acceptors (Lipinski definition) is 3. The molecule has 1 N–H and O–H groups in total. The quantitative estimate of drug-likeness (QED) is 0.922. The van der Waals surface area contributed by atoms with Crippen LogP contribution in [-0.4, -0.2) is 25.9 Å². The summed E-state index contributed by atoms with van der Waals surface area (Å²) in [5.74, 6) is 0.775. The molecule has 4 heteroatoms. The van der Waals surface area contributed by atoms with E-state index in [2.05, 4.69) is 11.4 Å². The van der Waals surface area contributed by atoms with Crippen LogP contribution in [0.4, 0.5) is 0 Å². The Balaban J connectivity index is 1.69. The van der Waals surface area contributed by atoms with Crippen molar-refractivity contribution in [1.29, 1.82) is 0 Å². The molecule has 3 nitrogen and oxygen atoms in total. The van der Waals surface area contributed by atoms with Crippen LogP contribution in [0.3, 0.4) is 0 Å². The third-order valence-corrected chi connectivity index (χ3v) is 4.15. The molecule has 2 heterocycles. The van der Waals surface area contributed by atoms with Gasteiger partial charge in [0.25, 0.3) is 0 Å². The van der Waals surface area contributed by atoms with Gasteiger partial charge in [-0.2, -0.15) is 0 Å². The van der Waals surface area contributed by atoms with Crippen LogP contribution in [0.5, 0.6) is 5.75 Å². The zero-order valence-corrected chi connectivity index (χ0v) is 11.8. The molecule has 1 aromatic rings. The Bertz CT molecular complexity index is 426. The molecule has 2 saturated heterocycles. The Kier molecular flexibility index (Phi) is 4.26. The second-order valence-corrected chi connectivity index (χ2v) is 5.70. The first-order valence-corrected chi connectivity index (χ1v) is 7.48. The van der Waals surface area contributed by atoms with Crippen LogP contribution >= 0.6 is 11.6 Å². The van der Waals surface area contributed by atoms with Gasteiger partial charge in [-0.25, -0.2) is 0 Å². The van der Waals surface area contributed by atoms with Crippen LogP contribution in [-0.2, 0) is 4.74 Å². The zero-order chi connectivity index (χ0) is 13.1. The van der Waals surface area contributed by atoms with E-state index in [9.17, 15) is 0 Å². The largest absolute Gasteiger partial charge is 0.486 e. The molecule has 0 radical (unpaired) electrons. The Morgan fingerprint density at radius 2 is 2.21 bits per heavy atom. The van der Waals surface area contributed by atoms with E-state index in [4.69, 9.17) is 21.1 Å². The maximum atomic E-state index is 6.33. The average Bonchev–Trinajstić information content (AvgIpc) is 2.95. The Morgan fingerprint density at radius 1 is 1.26 bits per heavy atom. The van der Waals surface area contributed by atoms with Crippen LogP contribution < -0.4 is 10.1 Å². The molecule has 0 amide bonds. The van der Waals surface area contributed by atoms with Crippen LogP contribution in [0.25, 0.3) is 0 Å². The van der Waals surface area contributed by atoms with E-state index in [0.717, 1.165) is 25.3 Å². The summed E-state index contributed by atoms with van der Waals surface area (Å²) in [4.78, 5) is 0. The number of ether oxygens (including phenoxy) is 2. The topological polar surface area (TPSA) is 30.5 Å². The Labute approximate surface area is 119 Å². The van der Waals surface area contributed by atoms with Gasteiger partial charge in [0.05, 0.1) is 18.2 Å². The van der Waals surface area contributed by atoms with E-state index in [-0.39, 0.29) is 6.10 Å². The van der Waals surface area contributed by atoms with Crippen LogP contribution in [0, 0.1) is 0 Å². The highest BCUT2D eigenvalue weighted by atomic mass is 35.5. The molecular formula is C15H20ClNO2. The molecule has 2 fully saturated rings. The predicted octanol–water partition coefficient (Wildman–Crippen LogP) is 3.32. The second kappa shape index (κ2) is 6.12. The summed E-state index contributed by atoms with van der Waals surface area (Å²) >= 11 is 6.33. The van der Waals surface area contributed by atoms with E-state index >= 15 is 0 Å². The maximum Gasteiger partial charge on any atom is 0.138 e. The minimum atomic E-state index is 0.149. The van der Waals surface area contributed by atoms with Gasteiger partial charge < -0.3 is 14.8 Å². The lowest BCUT2D eigenvalue weighted by atomic mass is 9.97. The van der Waals surface area contributed by atoms with Crippen molar-refractivity contribution in [3.05, 3.63) is 28.8 Å². The molecule has 2 atom stereocenters. The van der Waals surface area contributed by atoms with Gasteiger partial charge in [-0.1, -0.05) is 24.1 Å². The van der Waals surface area contributed by atoms with E-state index in [1.165, 1.54) is 24.8 Å². The minimum Gasteiger partial charge on any atom is -0.486 e. The van der Waals surface area contributed by atoms with Crippen molar-refractivity contribution in [2.75, 3.05) is 19.8 Å². The fourth-order valence-corrected chi connectivity index (χ4v) is 2.98. The number of rotatable bonds is 3. The first-order valence-electron chi connectivity index (χ1n) is 7.10. The molecule has 1 aromatic carbocycles. The highest BCUT2D eigenvalue weighted by molar-refractivity contribution is 6.32. The fourth-order valence-electron chi connectivity index (χ4n) is 2.75. The van der Waals surface area contributed by atoms with Crippen molar-refractivity contribution in [3.8, 4) is 5.75 Å². The van der Waals surface area contributed by atoms with Gasteiger partial charge in [0.2, 0.25) is 0 Å². The zero-order valence-electron chi connectivity index (χ0n) is 11.0. The van der Waals surface area contributed by atoms with Crippen molar-refractivity contribution in [3.63, 3.8) is 0 Å². The summed E-state index contributed by atoms with van der Waals surface area (Å²) in [6.07, 6.45) is 4.84. The van der Waals surface area contributed by atoms with Crippen LogP contribution in [0.15, 0.2) is 18.2 Å². The molecule has 0 aliphatic carbocycles. The first-order chi connectivity index (χ1) is 9.33. The number of piperidine rings is 1. The van der Waals surface area contributed by atoms with E-state index in [0.29, 0.717) is 17.7 Å². The summed E-state index contributed by atoms with van der Waals surface area (Å²) in [6, 6.07) is 6.59. The summed E-state index contributed by atoms with van der Waals surface area (Å²) in [6.45, 7) is 2.55. The van der Waals surface area contributed by atoms with Gasteiger partial charge in [0.1, 0.15) is 11.9 Å². The van der Waals surface area contributed by atoms with Crippen LogP contribution in [0.1, 0.15) is 37.3 Å². The number of benzene rings is 1. The van der Waals surface area contributed by atoms with Gasteiger partial charge in [-0.3, -0.25) is 0 Å². The van der Waals surface area contributed by atoms with Crippen molar-refractivity contribution in [2.24, 2.45) is 0 Å². The lowest BCUT2D eigenvalue weighted by Gasteiger charge is -2.24. The third kappa shape index (κ3) is 3.22. The van der Waals surface area contributed by atoms with E-state index in [1.54, 1.807) is 0 Å². The molecule has 19 heavy (non-hydrogen) atoms. The predicted molar refractivity (Wildman–Crippen MR) is 75.9 cm³/mol. The second-order valence-electron chi connectivity index (χ2n) is 5.30. The molecule has 0 bridgehead atoms. The fraction of sp³-hybridized carbons (Fsp3) is 0.600. The van der Waals surface area contributed by atoms with Crippen molar-refractivity contribution in [2.45, 2.75) is 37.8 Å². The summed E-state index contributed by atoms with van der Waals surface area (Å²) in [5, 5.41) is 4.24. The van der Waals surface area contributed by atoms with Gasteiger partial charge in [0.15, 0.2) is 0 Å². The first kappa shape index (κ1) is 13.2. The summed E-state index contributed by atoms with van der Waals surface area (Å²) in [5.41, 5.74) is 1.26. The standard InChI is InChI=1S/C15H20ClNO2/c16-13-9-11(14-3-1-2-7-17-14)4-5-15(13)19-12-6-8-18-10-12/h4-5,9,12,14,17H,1-3,6-8,10H2.